The quantitative estimate of drug-likeness (QED) is 0.685. The third kappa shape index (κ3) is 2.72. The summed E-state index contributed by atoms with van der Waals surface area (Å²) in [4.78, 5) is 49.3. The van der Waals surface area contributed by atoms with Crippen LogP contribution in [-0.4, -0.2) is 58.5 Å². The van der Waals surface area contributed by atoms with Crippen LogP contribution in [0.1, 0.15) is 38.5 Å². The van der Waals surface area contributed by atoms with E-state index in [9.17, 15) is 19.2 Å². The Morgan fingerprint density at radius 1 is 1.00 bits per heavy atom. The van der Waals surface area contributed by atoms with E-state index in [0.29, 0.717) is 25.7 Å². The summed E-state index contributed by atoms with van der Waals surface area (Å²) in [6.07, 6.45) is 3.54. The number of carboxylic acid groups (broad SMARTS) is 1. The predicted octanol–water partition coefficient (Wildman–Crippen LogP) is -0.0916. The van der Waals surface area contributed by atoms with Gasteiger partial charge in [0, 0.05) is 6.04 Å². The van der Waals surface area contributed by atoms with Crippen molar-refractivity contribution >= 4 is 23.7 Å². The van der Waals surface area contributed by atoms with E-state index in [1.54, 1.807) is 0 Å². The van der Waals surface area contributed by atoms with Crippen LogP contribution in [0.25, 0.3) is 0 Å². The largest absolute Gasteiger partial charge is 0.481 e. The summed E-state index contributed by atoms with van der Waals surface area (Å²) >= 11 is 0. The Bertz CT molecular complexity index is 599. The SMILES string of the molecule is O=C(CN1C(=O)C2C3CCC(O3)C2C1=O)NC1CCC(C(=O)O)CC1. The highest BCUT2D eigenvalue weighted by Gasteiger charge is 2.62. The maximum atomic E-state index is 12.5. The number of carbonyl (C=O) groups is 4. The zero-order valence-corrected chi connectivity index (χ0v) is 13.8. The summed E-state index contributed by atoms with van der Waals surface area (Å²) in [5, 5.41) is 11.8. The Labute approximate surface area is 144 Å². The van der Waals surface area contributed by atoms with Gasteiger partial charge in [-0.25, -0.2) is 0 Å². The number of aliphatic carboxylic acids is 1. The molecule has 136 valence electrons. The fourth-order valence-corrected chi connectivity index (χ4v) is 4.83. The third-order valence-electron chi connectivity index (χ3n) is 6.12. The van der Waals surface area contributed by atoms with Gasteiger partial charge in [0.05, 0.1) is 30.0 Å². The minimum Gasteiger partial charge on any atom is -0.481 e. The average molecular weight is 350 g/mol. The summed E-state index contributed by atoms with van der Waals surface area (Å²) in [6, 6.07) is -0.0880. The number of ether oxygens (including phenoxy) is 1. The molecule has 2 bridgehead atoms. The number of nitrogens with one attached hydrogen (secondary N) is 1. The number of hydrogen-bond acceptors (Lipinski definition) is 5. The van der Waals surface area contributed by atoms with Gasteiger partial charge in [-0.3, -0.25) is 24.1 Å². The first-order valence-electron chi connectivity index (χ1n) is 8.98. The number of carbonyl (C=O) groups excluding carboxylic acids is 3. The average Bonchev–Trinajstić information content (AvgIpc) is 3.25. The van der Waals surface area contributed by atoms with Crippen LogP contribution in [0.4, 0.5) is 0 Å². The van der Waals surface area contributed by atoms with Crippen LogP contribution in [0.5, 0.6) is 0 Å². The van der Waals surface area contributed by atoms with E-state index in [0.717, 1.165) is 17.7 Å². The maximum Gasteiger partial charge on any atom is 0.306 e. The van der Waals surface area contributed by atoms with E-state index in [4.69, 9.17) is 9.84 Å². The molecule has 4 unspecified atom stereocenters. The van der Waals surface area contributed by atoms with E-state index in [-0.39, 0.29) is 48.4 Å². The number of rotatable bonds is 4. The Kier molecular flexibility index (Phi) is 4.02. The molecular weight excluding hydrogens is 328 g/mol. The van der Waals surface area contributed by atoms with Gasteiger partial charge in [-0.1, -0.05) is 0 Å². The monoisotopic (exact) mass is 350 g/mol. The Hall–Kier alpha value is -1.96. The van der Waals surface area contributed by atoms with Crippen LogP contribution in [0.2, 0.25) is 0 Å². The first-order valence-corrected chi connectivity index (χ1v) is 8.98. The number of imide groups is 1. The highest BCUT2D eigenvalue weighted by Crippen LogP contribution is 2.48. The maximum absolute atomic E-state index is 12.5. The smallest absolute Gasteiger partial charge is 0.306 e. The molecule has 1 saturated carbocycles. The standard InChI is InChI=1S/C17H22N2O6/c20-12(18-9-3-1-8(2-4-9)17(23)24)7-19-15(21)13-10-5-6-11(25-10)14(13)16(19)22/h8-11,13-14H,1-7H2,(H,18,20)(H,23,24). The molecule has 3 aliphatic heterocycles. The fraction of sp³-hybridized carbons (Fsp3) is 0.765. The van der Waals surface area contributed by atoms with Crippen molar-refractivity contribution in [1.29, 1.82) is 0 Å². The second kappa shape index (κ2) is 6.09. The van der Waals surface area contributed by atoms with Crippen LogP contribution in [0.15, 0.2) is 0 Å². The van der Waals surface area contributed by atoms with Crippen molar-refractivity contribution in [2.45, 2.75) is 56.8 Å². The van der Waals surface area contributed by atoms with Crippen molar-refractivity contribution in [2.24, 2.45) is 17.8 Å². The summed E-state index contributed by atoms with van der Waals surface area (Å²) in [5.74, 6) is -2.88. The third-order valence-corrected chi connectivity index (χ3v) is 6.12. The molecule has 4 atom stereocenters. The lowest BCUT2D eigenvalue weighted by Gasteiger charge is -2.27. The van der Waals surface area contributed by atoms with Crippen LogP contribution in [-0.2, 0) is 23.9 Å². The summed E-state index contributed by atoms with van der Waals surface area (Å²) in [7, 11) is 0. The van der Waals surface area contributed by atoms with Crippen molar-refractivity contribution in [3.8, 4) is 0 Å². The molecule has 4 fully saturated rings. The molecule has 4 rings (SSSR count). The Morgan fingerprint density at radius 2 is 1.56 bits per heavy atom. The summed E-state index contributed by atoms with van der Waals surface area (Å²) < 4.78 is 5.67. The van der Waals surface area contributed by atoms with Crippen molar-refractivity contribution < 1.29 is 29.0 Å². The first kappa shape index (κ1) is 16.5. The van der Waals surface area contributed by atoms with Gasteiger partial charge in [-0.2, -0.15) is 0 Å². The number of hydrogen-bond donors (Lipinski definition) is 2. The molecule has 0 aromatic carbocycles. The zero-order chi connectivity index (χ0) is 17.7. The number of amides is 3. The molecule has 1 aliphatic carbocycles. The van der Waals surface area contributed by atoms with E-state index in [1.165, 1.54) is 0 Å². The van der Waals surface area contributed by atoms with Gasteiger partial charge in [0.2, 0.25) is 17.7 Å². The topological polar surface area (TPSA) is 113 Å². The molecule has 8 nitrogen and oxygen atoms in total. The van der Waals surface area contributed by atoms with Crippen molar-refractivity contribution in [3.05, 3.63) is 0 Å². The summed E-state index contributed by atoms with van der Waals surface area (Å²) in [5.41, 5.74) is 0. The highest BCUT2D eigenvalue weighted by molar-refractivity contribution is 6.08. The van der Waals surface area contributed by atoms with E-state index >= 15 is 0 Å². The van der Waals surface area contributed by atoms with Gasteiger partial charge in [0.1, 0.15) is 6.54 Å². The lowest BCUT2D eigenvalue weighted by atomic mass is 9.81. The normalized spacial score (nSPS) is 39.6. The second-order valence-corrected chi connectivity index (χ2v) is 7.56. The number of likely N-dealkylation sites (tertiary alicyclic amines) is 1. The minimum absolute atomic E-state index is 0.0880. The minimum atomic E-state index is -0.790. The predicted molar refractivity (Wildman–Crippen MR) is 83.1 cm³/mol. The van der Waals surface area contributed by atoms with Crippen LogP contribution in [0, 0.1) is 17.8 Å². The van der Waals surface area contributed by atoms with Crippen molar-refractivity contribution in [1.82, 2.24) is 10.2 Å². The van der Waals surface area contributed by atoms with Crippen molar-refractivity contribution in [3.63, 3.8) is 0 Å². The van der Waals surface area contributed by atoms with E-state index in [1.807, 2.05) is 0 Å². The van der Waals surface area contributed by atoms with Crippen molar-refractivity contribution in [2.75, 3.05) is 6.54 Å². The van der Waals surface area contributed by atoms with E-state index < -0.39 is 17.8 Å². The second-order valence-electron chi connectivity index (χ2n) is 7.56. The van der Waals surface area contributed by atoms with Gasteiger partial charge >= 0.3 is 5.97 Å². The highest BCUT2D eigenvalue weighted by atomic mass is 16.5. The Balaban J connectivity index is 1.32. The molecule has 3 amide bonds. The van der Waals surface area contributed by atoms with E-state index in [2.05, 4.69) is 5.32 Å². The lowest BCUT2D eigenvalue weighted by molar-refractivity contribution is -0.146. The number of fused-ring (bicyclic) bond motifs is 5. The van der Waals surface area contributed by atoms with Gasteiger partial charge in [-0.05, 0) is 38.5 Å². The fourth-order valence-electron chi connectivity index (χ4n) is 4.83. The molecule has 8 heteroatoms. The molecule has 3 saturated heterocycles. The molecule has 4 aliphatic rings. The number of nitrogens with zero attached hydrogens (tertiary/aromatic N) is 1. The summed E-state index contributed by atoms with van der Waals surface area (Å²) in [6.45, 7) is -0.247. The molecule has 25 heavy (non-hydrogen) atoms. The molecule has 0 aromatic heterocycles. The molecule has 2 N–H and O–H groups in total. The van der Waals surface area contributed by atoms with Gasteiger partial charge < -0.3 is 15.2 Å². The van der Waals surface area contributed by atoms with Crippen LogP contribution < -0.4 is 5.32 Å². The lowest BCUT2D eigenvalue weighted by Crippen LogP contribution is -2.46. The van der Waals surface area contributed by atoms with Gasteiger partial charge in [0.15, 0.2) is 0 Å². The van der Waals surface area contributed by atoms with Crippen LogP contribution in [0.3, 0.4) is 0 Å². The van der Waals surface area contributed by atoms with Crippen LogP contribution >= 0.6 is 0 Å². The Morgan fingerprint density at radius 3 is 2.08 bits per heavy atom. The zero-order valence-electron chi connectivity index (χ0n) is 13.8. The number of carboxylic acids is 1. The first-order chi connectivity index (χ1) is 12.0. The molecule has 0 spiro atoms. The van der Waals surface area contributed by atoms with Gasteiger partial charge in [0.25, 0.3) is 0 Å². The molecule has 0 aromatic rings. The molecule has 0 radical (unpaired) electrons. The van der Waals surface area contributed by atoms with Gasteiger partial charge in [-0.15, -0.1) is 0 Å². The molecule has 3 heterocycles. The molecular formula is C17H22N2O6.